The Balaban J connectivity index is 2.95. The number of nitrogens with one attached hydrogen (secondary N) is 1. The third kappa shape index (κ3) is 2.81. The first-order chi connectivity index (χ1) is 6.42. The van der Waals surface area contributed by atoms with Crippen LogP contribution in [0.3, 0.4) is 0 Å². The van der Waals surface area contributed by atoms with Crippen LogP contribution in [-0.4, -0.2) is 15.6 Å². The van der Waals surface area contributed by atoms with Gasteiger partial charge in [-0.05, 0) is 20.8 Å². The first-order valence-corrected chi connectivity index (χ1v) is 4.10. The van der Waals surface area contributed by atoms with Crippen LogP contribution < -0.4 is 16.0 Å². The lowest BCUT2D eigenvalue weighted by Gasteiger charge is -2.20. The molecule has 0 atom stereocenters. The number of anilines is 1. The molecule has 0 radical (unpaired) electrons. The Morgan fingerprint density at radius 2 is 2.14 bits per heavy atom. The van der Waals surface area contributed by atoms with Crippen molar-refractivity contribution in [3.05, 3.63) is 12.0 Å². The largest absolute Gasteiger partial charge is 0.470 e. The summed E-state index contributed by atoms with van der Waals surface area (Å²) < 4.78 is 18.4. The van der Waals surface area contributed by atoms with Crippen LogP contribution in [-0.2, 0) is 0 Å². The molecule has 1 aromatic rings. The highest BCUT2D eigenvalue weighted by Gasteiger charge is 2.16. The second kappa shape index (κ2) is 3.75. The van der Waals surface area contributed by atoms with Crippen molar-refractivity contribution in [2.45, 2.75) is 26.4 Å². The standard InChI is InChI=1S/C8H13FN4O/c1-8(2,3)14-6-5(9)4-11-7(12-6)13-10/h4H,10H2,1-3H3,(H,11,12,13). The van der Waals surface area contributed by atoms with Crippen molar-refractivity contribution in [1.29, 1.82) is 0 Å². The normalized spacial score (nSPS) is 11.2. The molecule has 0 spiro atoms. The summed E-state index contributed by atoms with van der Waals surface area (Å²) in [6.45, 7) is 5.39. The van der Waals surface area contributed by atoms with Crippen LogP contribution in [0.4, 0.5) is 10.3 Å². The Bertz CT molecular complexity index is 324. The van der Waals surface area contributed by atoms with Crippen LogP contribution in [0.5, 0.6) is 5.88 Å². The summed E-state index contributed by atoms with van der Waals surface area (Å²) in [5, 5.41) is 0. The Hall–Kier alpha value is -1.43. The molecule has 5 nitrogen and oxygen atoms in total. The van der Waals surface area contributed by atoms with E-state index >= 15 is 0 Å². The Morgan fingerprint density at radius 1 is 1.50 bits per heavy atom. The monoisotopic (exact) mass is 200 g/mol. The van der Waals surface area contributed by atoms with E-state index in [9.17, 15) is 4.39 Å². The molecule has 0 aliphatic rings. The fourth-order valence-corrected chi connectivity index (χ4v) is 0.783. The topological polar surface area (TPSA) is 73.1 Å². The Labute approximate surface area is 81.5 Å². The van der Waals surface area contributed by atoms with E-state index in [1.807, 2.05) is 0 Å². The lowest BCUT2D eigenvalue weighted by molar-refractivity contribution is 0.117. The van der Waals surface area contributed by atoms with Gasteiger partial charge >= 0.3 is 0 Å². The summed E-state index contributed by atoms with van der Waals surface area (Å²) in [6, 6.07) is 0. The molecule has 1 heterocycles. The summed E-state index contributed by atoms with van der Waals surface area (Å²) in [5.41, 5.74) is 1.70. The van der Waals surface area contributed by atoms with Gasteiger partial charge in [-0.25, -0.2) is 10.8 Å². The van der Waals surface area contributed by atoms with Gasteiger partial charge in [0, 0.05) is 0 Å². The molecule has 14 heavy (non-hydrogen) atoms. The minimum absolute atomic E-state index is 0.111. The number of nitrogens with two attached hydrogens (primary N) is 1. The molecule has 1 aromatic heterocycles. The molecule has 0 aromatic carbocycles. The highest BCUT2D eigenvalue weighted by Crippen LogP contribution is 2.19. The lowest BCUT2D eigenvalue weighted by Crippen LogP contribution is -2.24. The molecule has 1 rings (SSSR count). The zero-order valence-electron chi connectivity index (χ0n) is 8.34. The van der Waals surface area contributed by atoms with Gasteiger partial charge in [-0.3, -0.25) is 5.43 Å². The van der Waals surface area contributed by atoms with Crippen LogP contribution in [0.15, 0.2) is 6.20 Å². The molecule has 0 amide bonds. The quantitative estimate of drug-likeness (QED) is 0.552. The van der Waals surface area contributed by atoms with Gasteiger partial charge in [0.1, 0.15) is 5.60 Å². The van der Waals surface area contributed by atoms with Crippen molar-refractivity contribution < 1.29 is 9.13 Å². The molecule has 78 valence electrons. The number of ether oxygens (including phenoxy) is 1. The van der Waals surface area contributed by atoms with Gasteiger partial charge in [-0.2, -0.15) is 9.37 Å². The number of hydrogen-bond acceptors (Lipinski definition) is 5. The lowest BCUT2D eigenvalue weighted by atomic mass is 10.2. The highest BCUT2D eigenvalue weighted by molar-refractivity contribution is 5.26. The Morgan fingerprint density at radius 3 is 2.64 bits per heavy atom. The van der Waals surface area contributed by atoms with E-state index < -0.39 is 11.4 Å². The molecule has 6 heteroatoms. The third-order valence-electron chi connectivity index (χ3n) is 1.24. The smallest absolute Gasteiger partial charge is 0.255 e. The average molecular weight is 200 g/mol. The average Bonchev–Trinajstić information content (AvgIpc) is 2.06. The molecule has 3 N–H and O–H groups in total. The number of nitrogens with zero attached hydrogens (tertiary/aromatic N) is 2. The van der Waals surface area contributed by atoms with Crippen LogP contribution >= 0.6 is 0 Å². The van der Waals surface area contributed by atoms with E-state index in [-0.39, 0.29) is 11.8 Å². The molecular formula is C8H13FN4O. The predicted octanol–water partition coefficient (Wildman–Crippen LogP) is 1.08. The molecule has 0 fully saturated rings. The van der Waals surface area contributed by atoms with Crippen LogP contribution in [0.1, 0.15) is 20.8 Å². The second-order valence-electron chi connectivity index (χ2n) is 3.71. The molecule has 0 aliphatic carbocycles. The minimum Gasteiger partial charge on any atom is -0.470 e. The van der Waals surface area contributed by atoms with E-state index in [2.05, 4.69) is 15.4 Å². The van der Waals surface area contributed by atoms with E-state index in [1.54, 1.807) is 20.8 Å². The number of hydrogen-bond donors (Lipinski definition) is 2. The summed E-state index contributed by atoms with van der Waals surface area (Å²) in [6.07, 6.45) is 1.00. The van der Waals surface area contributed by atoms with Gasteiger partial charge in [0.2, 0.25) is 11.8 Å². The molecule has 0 aliphatic heterocycles. The summed E-state index contributed by atoms with van der Waals surface area (Å²) in [7, 11) is 0. The summed E-state index contributed by atoms with van der Waals surface area (Å²) in [4.78, 5) is 7.32. The summed E-state index contributed by atoms with van der Waals surface area (Å²) in [5.74, 6) is 4.47. The van der Waals surface area contributed by atoms with Gasteiger partial charge < -0.3 is 4.74 Å². The minimum atomic E-state index is -0.612. The van der Waals surface area contributed by atoms with Crippen molar-refractivity contribution in [3.8, 4) is 5.88 Å². The molecular weight excluding hydrogens is 187 g/mol. The molecule has 0 saturated heterocycles. The van der Waals surface area contributed by atoms with Gasteiger partial charge in [0.25, 0.3) is 5.88 Å². The first kappa shape index (κ1) is 10.6. The number of hydrazine groups is 1. The number of halogens is 1. The number of nitrogen functional groups attached to an aromatic ring is 1. The van der Waals surface area contributed by atoms with Gasteiger partial charge in [-0.1, -0.05) is 0 Å². The zero-order valence-corrected chi connectivity index (χ0v) is 8.34. The van der Waals surface area contributed by atoms with Crippen molar-refractivity contribution >= 4 is 5.95 Å². The zero-order chi connectivity index (χ0) is 10.8. The highest BCUT2D eigenvalue weighted by atomic mass is 19.1. The molecule has 0 unspecified atom stereocenters. The van der Waals surface area contributed by atoms with E-state index in [1.165, 1.54) is 0 Å². The van der Waals surface area contributed by atoms with Crippen LogP contribution in [0, 0.1) is 5.82 Å². The second-order valence-corrected chi connectivity index (χ2v) is 3.71. The van der Waals surface area contributed by atoms with Crippen molar-refractivity contribution in [1.82, 2.24) is 9.97 Å². The summed E-state index contributed by atoms with van der Waals surface area (Å²) >= 11 is 0. The van der Waals surface area contributed by atoms with Gasteiger partial charge in [0.05, 0.1) is 6.20 Å². The van der Waals surface area contributed by atoms with Gasteiger partial charge in [-0.15, -0.1) is 0 Å². The SMILES string of the molecule is CC(C)(C)Oc1nc(NN)ncc1F. The predicted molar refractivity (Wildman–Crippen MR) is 50.2 cm³/mol. The maximum Gasteiger partial charge on any atom is 0.255 e. The van der Waals surface area contributed by atoms with Crippen molar-refractivity contribution in [3.63, 3.8) is 0 Å². The fourth-order valence-electron chi connectivity index (χ4n) is 0.783. The maximum absolute atomic E-state index is 13.1. The van der Waals surface area contributed by atoms with Crippen molar-refractivity contribution in [2.24, 2.45) is 5.84 Å². The fraction of sp³-hybridized carbons (Fsp3) is 0.500. The van der Waals surface area contributed by atoms with Crippen molar-refractivity contribution in [2.75, 3.05) is 5.43 Å². The van der Waals surface area contributed by atoms with E-state index in [0.717, 1.165) is 6.20 Å². The van der Waals surface area contributed by atoms with Crippen LogP contribution in [0.25, 0.3) is 0 Å². The molecule has 0 bridgehead atoms. The third-order valence-corrected chi connectivity index (χ3v) is 1.24. The molecule has 0 saturated carbocycles. The Kier molecular flexibility index (Phi) is 2.85. The van der Waals surface area contributed by atoms with Gasteiger partial charge in [0.15, 0.2) is 0 Å². The number of rotatable bonds is 2. The van der Waals surface area contributed by atoms with E-state index in [4.69, 9.17) is 10.6 Å². The van der Waals surface area contributed by atoms with Crippen LogP contribution in [0.2, 0.25) is 0 Å². The maximum atomic E-state index is 13.1. The number of aromatic nitrogens is 2. The first-order valence-electron chi connectivity index (χ1n) is 4.10. The van der Waals surface area contributed by atoms with E-state index in [0.29, 0.717) is 0 Å².